The van der Waals surface area contributed by atoms with Gasteiger partial charge in [-0.1, -0.05) is 0 Å². The molecule has 0 bridgehead atoms. The smallest absolute Gasteiger partial charge is 0.222 e. The Labute approximate surface area is 148 Å². The fourth-order valence-electron chi connectivity index (χ4n) is 2.83. The third kappa shape index (κ3) is 2.22. The second kappa shape index (κ2) is 5.69. The predicted octanol–water partition coefficient (Wildman–Crippen LogP) is 6.35. The first-order chi connectivity index (χ1) is 12.5. The summed E-state index contributed by atoms with van der Waals surface area (Å²) < 4.78 is 262. The van der Waals surface area contributed by atoms with E-state index in [-0.39, 0.29) is 0 Å². The van der Waals surface area contributed by atoms with E-state index in [0.29, 0.717) is 0 Å². The highest BCUT2D eigenvalue weighted by molar-refractivity contribution is 5.40. The molecule has 0 aromatic carbocycles. The van der Waals surface area contributed by atoms with E-state index in [2.05, 4.69) is 0 Å². The van der Waals surface area contributed by atoms with Crippen LogP contribution in [-0.4, -0.2) is 59.2 Å². The Kier molecular flexibility index (Phi) is 5.05. The van der Waals surface area contributed by atoms with Crippen LogP contribution in [0.2, 0.25) is 0 Å². The molecular formula is C10F20. The van der Waals surface area contributed by atoms with Gasteiger partial charge in [0.1, 0.15) is 0 Å². The van der Waals surface area contributed by atoms with Crippen molar-refractivity contribution in [2.45, 2.75) is 59.2 Å². The maximum absolute atomic E-state index is 13.9. The van der Waals surface area contributed by atoms with Crippen LogP contribution in [0.3, 0.4) is 0 Å². The van der Waals surface area contributed by atoms with Crippen LogP contribution in [0.25, 0.3) is 0 Å². The van der Waals surface area contributed by atoms with Gasteiger partial charge in [0.25, 0.3) is 0 Å². The first-order valence-corrected chi connectivity index (χ1v) is 6.28. The molecule has 1 aliphatic carbocycles. The van der Waals surface area contributed by atoms with Crippen molar-refractivity contribution in [2.24, 2.45) is 0 Å². The molecule has 0 N–H and O–H groups in total. The van der Waals surface area contributed by atoms with Crippen molar-refractivity contribution in [3.05, 3.63) is 0 Å². The van der Waals surface area contributed by atoms with Crippen molar-refractivity contribution in [2.75, 3.05) is 0 Å². The number of rotatable bonds is 0. The second-order valence-electron chi connectivity index (χ2n) is 5.77. The first-order valence-electron chi connectivity index (χ1n) is 6.28. The van der Waals surface area contributed by atoms with E-state index < -0.39 is 59.2 Å². The van der Waals surface area contributed by atoms with Crippen LogP contribution >= 0.6 is 0 Å². The van der Waals surface area contributed by atoms with Gasteiger partial charge >= 0.3 is 59.2 Å². The third-order valence-electron chi connectivity index (χ3n) is 4.24. The Morgan fingerprint density at radius 3 is 0.433 bits per heavy atom. The maximum Gasteiger partial charge on any atom is 0.432 e. The van der Waals surface area contributed by atoms with Crippen molar-refractivity contribution in [1.29, 1.82) is 0 Å². The van der Waals surface area contributed by atoms with E-state index >= 15 is 0 Å². The molecule has 0 heterocycles. The molecule has 30 heavy (non-hydrogen) atoms. The Bertz CT molecular complexity index is 574. The zero-order valence-electron chi connectivity index (χ0n) is 12.6. The van der Waals surface area contributed by atoms with E-state index in [1.165, 1.54) is 0 Å². The minimum absolute atomic E-state index is 8.61. The highest BCUT2D eigenvalue weighted by Gasteiger charge is 3.13. The van der Waals surface area contributed by atoms with Gasteiger partial charge in [0.15, 0.2) is 0 Å². The summed E-state index contributed by atoms with van der Waals surface area (Å²) in [6, 6.07) is 0. The van der Waals surface area contributed by atoms with Gasteiger partial charge in [-0.2, -0.15) is 70.2 Å². The Morgan fingerprint density at radius 2 is 0.367 bits per heavy atom. The Hall–Kier alpha value is -1.40. The van der Waals surface area contributed by atoms with Crippen LogP contribution in [0.4, 0.5) is 87.8 Å². The average Bonchev–Trinajstić information content (AvgIpc) is 2.45. The third-order valence-corrected chi connectivity index (χ3v) is 4.24. The maximum atomic E-state index is 13.9. The molecular weight excluding hydrogens is 500 g/mol. The molecule has 0 nitrogen and oxygen atoms in total. The molecule has 0 radical (unpaired) electrons. The monoisotopic (exact) mass is 500 g/mol. The fourth-order valence-corrected chi connectivity index (χ4v) is 2.83. The van der Waals surface area contributed by atoms with Crippen molar-refractivity contribution in [1.82, 2.24) is 0 Å². The summed E-state index contributed by atoms with van der Waals surface area (Å²) in [5, 5.41) is 0. The molecule has 0 aliphatic heterocycles. The largest absolute Gasteiger partial charge is 0.432 e. The van der Waals surface area contributed by atoms with E-state index in [4.69, 9.17) is 0 Å². The second-order valence-corrected chi connectivity index (χ2v) is 5.77. The molecule has 0 aromatic rings. The van der Waals surface area contributed by atoms with Crippen LogP contribution in [0.1, 0.15) is 0 Å². The zero-order valence-corrected chi connectivity index (χ0v) is 12.6. The molecule has 1 saturated carbocycles. The standard InChI is InChI=1S/C10F20/c11-1(7(19,20)21)2(12,8(22,23)24)6(17,18)4(14,10(28,29)30)3(13,5(1,15)16)9(25,26)27/t1-,2+,3-,4+. The summed E-state index contributed by atoms with van der Waals surface area (Å²) in [5.74, 6) is -18.3. The first kappa shape index (κ1) is 26.6. The lowest BCUT2D eigenvalue weighted by Gasteiger charge is -2.60. The van der Waals surface area contributed by atoms with Gasteiger partial charge in [-0.15, -0.1) is 0 Å². The lowest BCUT2D eigenvalue weighted by molar-refractivity contribution is -0.538. The Morgan fingerprint density at radius 1 is 0.267 bits per heavy atom. The SMILES string of the molecule is FC(F)(F)[C@@]1(F)C(F)(F)[C@](F)(C(F)(F)F)[C@](F)(C(F)(F)F)C(F)(F)[C@@]1(F)C(F)(F)F. The number of halogens is 20. The quantitative estimate of drug-likeness (QED) is 0.340. The van der Waals surface area contributed by atoms with E-state index in [0.717, 1.165) is 0 Å². The fraction of sp³-hybridized carbons (Fsp3) is 1.00. The van der Waals surface area contributed by atoms with Gasteiger partial charge in [-0.05, 0) is 0 Å². The molecule has 0 saturated heterocycles. The normalized spacial score (nSPS) is 40.4. The summed E-state index contributed by atoms with van der Waals surface area (Å²) in [5.41, 5.74) is -36.4. The molecule has 1 fully saturated rings. The van der Waals surface area contributed by atoms with Crippen molar-refractivity contribution >= 4 is 0 Å². The molecule has 1 rings (SSSR count). The molecule has 0 spiro atoms. The topological polar surface area (TPSA) is 0 Å². The predicted molar refractivity (Wildman–Crippen MR) is 49.5 cm³/mol. The molecule has 0 unspecified atom stereocenters. The summed E-state index contributed by atoms with van der Waals surface area (Å²) >= 11 is 0. The number of alkyl halides is 20. The summed E-state index contributed by atoms with van der Waals surface area (Å²) in [6.07, 6.45) is -34.4. The Balaban J connectivity index is 4.59. The van der Waals surface area contributed by atoms with Gasteiger partial charge in [0.05, 0.1) is 0 Å². The van der Waals surface area contributed by atoms with E-state index in [1.54, 1.807) is 0 Å². The summed E-state index contributed by atoms with van der Waals surface area (Å²) in [7, 11) is 0. The molecule has 0 aromatic heterocycles. The highest BCUT2D eigenvalue weighted by atomic mass is 19.4. The number of hydrogen-bond acceptors (Lipinski definition) is 0. The van der Waals surface area contributed by atoms with Gasteiger partial charge in [0, 0.05) is 0 Å². The lowest BCUT2D eigenvalue weighted by atomic mass is 9.55. The van der Waals surface area contributed by atoms with Crippen LogP contribution in [-0.2, 0) is 0 Å². The molecule has 180 valence electrons. The minimum Gasteiger partial charge on any atom is -0.222 e. The minimum atomic E-state index is -9.16. The molecule has 4 atom stereocenters. The van der Waals surface area contributed by atoms with Crippen LogP contribution in [0.5, 0.6) is 0 Å². The zero-order chi connectivity index (χ0) is 25.0. The molecule has 0 amide bonds. The molecule has 20 heteroatoms. The summed E-state index contributed by atoms with van der Waals surface area (Å²) in [6.45, 7) is 0. The van der Waals surface area contributed by atoms with Gasteiger partial charge < -0.3 is 0 Å². The van der Waals surface area contributed by atoms with Gasteiger partial charge in [0.2, 0.25) is 0 Å². The average molecular weight is 500 g/mol. The summed E-state index contributed by atoms with van der Waals surface area (Å²) in [4.78, 5) is 0. The van der Waals surface area contributed by atoms with E-state index in [1.807, 2.05) is 0 Å². The number of hydrogen-bond donors (Lipinski definition) is 0. The molecule has 1 aliphatic rings. The highest BCUT2D eigenvalue weighted by Crippen LogP contribution is 2.78. The van der Waals surface area contributed by atoms with Crippen LogP contribution in [0, 0.1) is 0 Å². The van der Waals surface area contributed by atoms with Crippen LogP contribution in [0.15, 0.2) is 0 Å². The van der Waals surface area contributed by atoms with Gasteiger partial charge in [-0.25, -0.2) is 17.6 Å². The lowest BCUT2D eigenvalue weighted by Crippen LogP contribution is -2.96. The van der Waals surface area contributed by atoms with E-state index in [9.17, 15) is 87.8 Å². The van der Waals surface area contributed by atoms with Crippen molar-refractivity contribution in [3.63, 3.8) is 0 Å². The van der Waals surface area contributed by atoms with Crippen molar-refractivity contribution in [3.8, 4) is 0 Å². The van der Waals surface area contributed by atoms with Gasteiger partial charge in [-0.3, -0.25) is 0 Å². The van der Waals surface area contributed by atoms with Crippen molar-refractivity contribution < 1.29 is 87.8 Å². The van der Waals surface area contributed by atoms with Crippen LogP contribution < -0.4 is 0 Å².